The van der Waals surface area contributed by atoms with Crippen molar-refractivity contribution in [2.24, 2.45) is 0 Å². The minimum Gasteiger partial charge on any atom is -0.449 e. The molecule has 0 aliphatic heterocycles. The predicted octanol–water partition coefficient (Wildman–Crippen LogP) is 3.42. The topological polar surface area (TPSA) is 96.3 Å². The smallest absolute Gasteiger partial charge is 0.340 e. The monoisotopic (exact) mass is 382 g/mol. The standard InChI is InChI=1S/C20H18N2O4S/c1-13(23)12-27-18-9-4-3-8-17(18)20(25)26-14(2)19(24)22-16-7-5-6-15(10-16)11-21/h3-10,14H,12H2,1-2H3,(H,22,24)/t14-/m0/s1. The van der Waals surface area contributed by atoms with Crippen LogP contribution in [-0.2, 0) is 14.3 Å². The second-order valence-corrected chi connectivity index (χ2v) is 6.73. The molecule has 27 heavy (non-hydrogen) atoms. The average Bonchev–Trinajstić information content (AvgIpc) is 2.66. The van der Waals surface area contributed by atoms with Crippen LogP contribution in [0.2, 0.25) is 0 Å². The van der Waals surface area contributed by atoms with Gasteiger partial charge in [-0.15, -0.1) is 11.8 Å². The molecule has 2 rings (SSSR count). The Bertz CT molecular complexity index is 905. The normalized spacial score (nSPS) is 11.1. The number of ether oxygens (including phenoxy) is 1. The molecular weight excluding hydrogens is 364 g/mol. The minimum absolute atomic E-state index is 0.00415. The zero-order chi connectivity index (χ0) is 19.8. The number of Topliss-reactive ketones (excluding diaryl/α,β-unsaturated/α-hetero) is 1. The maximum atomic E-state index is 12.4. The molecule has 1 N–H and O–H groups in total. The van der Waals surface area contributed by atoms with E-state index in [2.05, 4.69) is 5.32 Å². The van der Waals surface area contributed by atoms with Crippen LogP contribution in [0.25, 0.3) is 0 Å². The van der Waals surface area contributed by atoms with Crippen LogP contribution in [0.4, 0.5) is 5.69 Å². The van der Waals surface area contributed by atoms with Crippen molar-refractivity contribution in [1.29, 1.82) is 5.26 Å². The first kappa shape index (κ1) is 20.2. The number of anilines is 1. The van der Waals surface area contributed by atoms with E-state index in [1.165, 1.54) is 31.7 Å². The van der Waals surface area contributed by atoms with E-state index in [9.17, 15) is 14.4 Å². The molecule has 0 radical (unpaired) electrons. The summed E-state index contributed by atoms with van der Waals surface area (Å²) in [6, 6.07) is 15.2. The van der Waals surface area contributed by atoms with Crippen molar-refractivity contribution in [2.75, 3.05) is 11.1 Å². The molecule has 0 unspecified atom stereocenters. The van der Waals surface area contributed by atoms with Crippen LogP contribution in [-0.4, -0.2) is 29.5 Å². The molecule has 0 aliphatic rings. The summed E-state index contributed by atoms with van der Waals surface area (Å²) in [7, 11) is 0. The van der Waals surface area contributed by atoms with Crippen molar-refractivity contribution in [1.82, 2.24) is 0 Å². The van der Waals surface area contributed by atoms with E-state index in [-0.39, 0.29) is 11.5 Å². The molecule has 1 atom stereocenters. The van der Waals surface area contributed by atoms with Crippen LogP contribution in [0.15, 0.2) is 53.4 Å². The van der Waals surface area contributed by atoms with Gasteiger partial charge in [0, 0.05) is 10.6 Å². The number of amides is 1. The van der Waals surface area contributed by atoms with Gasteiger partial charge in [0.2, 0.25) is 0 Å². The second-order valence-electron chi connectivity index (χ2n) is 5.72. The summed E-state index contributed by atoms with van der Waals surface area (Å²) in [4.78, 5) is 36.5. The molecule has 7 heteroatoms. The third-order valence-corrected chi connectivity index (χ3v) is 4.67. The first-order valence-electron chi connectivity index (χ1n) is 8.14. The van der Waals surface area contributed by atoms with Gasteiger partial charge in [-0.2, -0.15) is 5.26 Å². The van der Waals surface area contributed by atoms with Gasteiger partial charge in [-0.25, -0.2) is 4.79 Å². The summed E-state index contributed by atoms with van der Waals surface area (Å²) in [5.74, 6) is -0.909. The Labute approximate surface area is 161 Å². The van der Waals surface area contributed by atoms with Gasteiger partial charge < -0.3 is 10.1 Å². The lowest BCUT2D eigenvalue weighted by atomic mass is 10.2. The highest BCUT2D eigenvalue weighted by Crippen LogP contribution is 2.24. The Morgan fingerprint density at radius 1 is 1.19 bits per heavy atom. The Balaban J connectivity index is 2.03. The van der Waals surface area contributed by atoms with Crippen molar-refractivity contribution < 1.29 is 19.1 Å². The number of esters is 1. The first-order valence-corrected chi connectivity index (χ1v) is 9.12. The fourth-order valence-electron chi connectivity index (χ4n) is 2.13. The third kappa shape index (κ3) is 5.97. The number of thioether (sulfide) groups is 1. The van der Waals surface area contributed by atoms with Crippen molar-refractivity contribution in [2.45, 2.75) is 24.8 Å². The van der Waals surface area contributed by atoms with E-state index in [0.717, 1.165) is 0 Å². The predicted molar refractivity (Wildman–Crippen MR) is 103 cm³/mol. The van der Waals surface area contributed by atoms with Crippen LogP contribution < -0.4 is 5.32 Å². The van der Waals surface area contributed by atoms with Gasteiger partial charge in [0.25, 0.3) is 5.91 Å². The van der Waals surface area contributed by atoms with E-state index in [1.807, 2.05) is 6.07 Å². The molecule has 2 aromatic rings. The number of hydrogen-bond acceptors (Lipinski definition) is 6. The van der Waals surface area contributed by atoms with Gasteiger partial charge in [0.15, 0.2) is 6.10 Å². The molecule has 0 aromatic heterocycles. The van der Waals surface area contributed by atoms with E-state index in [1.54, 1.807) is 42.5 Å². The Kier molecular flexibility index (Phi) is 7.15. The van der Waals surface area contributed by atoms with Crippen molar-refractivity contribution >= 4 is 35.1 Å². The summed E-state index contributed by atoms with van der Waals surface area (Å²) >= 11 is 1.24. The van der Waals surface area contributed by atoms with E-state index in [0.29, 0.717) is 21.7 Å². The van der Waals surface area contributed by atoms with E-state index < -0.39 is 18.0 Å². The highest BCUT2D eigenvalue weighted by Gasteiger charge is 2.21. The molecule has 0 spiro atoms. The van der Waals surface area contributed by atoms with Crippen LogP contribution in [0, 0.1) is 11.3 Å². The molecular formula is C20H18N2O4S. The fraction of sp³-hybridized carbons (Fsp3) is 0.200. The molecule has 0 heterocycles. The maximum absolute atomic E-state index is 12.4. The quantitative estimate of drug-likeness (QED) is 0.582. The SMILES string of the molecule is CC(=O)CSc1ccccc1C(=O)O[C@@H](C)C(=O)Nc1cccc(C#N)c1. The molecule has 0 fully saturated rings. The maximum Gasteiger partial charge on any atom is 0.340 e. The van der Waals surface area contributed by atoms with Gasteiger partial charge >= 0.3 is 5.97 Å². The molecule has 6 nitrogen and oxygen atoms in total. The number of rotatable bonds is 7. The fourth-order valence-corrected chi connectivity index (χ4v) is 2.97. The summed E-state index contributed by atoms with van der Waals surface area (Å²) in [6.07, 6.45) is -1.03. The van der Waals surface area contributed by atoms with E-state index >= 15 is 0 Å². The Hall–Kier alpha value is -3.11. The summed E-state index contributed by atoms with van der Waals surface area (Å²) < 4.78 is 5.26. The van der Waals surface area contributed by atoms with Crippen LogP contribution >= 0.6 is 11.8 Å². The minimum atomic E-state index is -1.03. The summed E-state index contributed by atoms with van der Waals surface area (Å²) in [6.45, 7) is 2.94. The number of hydrogen-bond donors (Lipinski definition) is 1. The van der Waals surface area contributed by atoms with Gasteiger partial charge in [-0.05, 0) is 44.2 Å². The molecule has 2 aromatic carbocycles. The zero-order valence-corrected chi connectivity index (χ0v) is 15.7. The number of carbonyl (C=O) groups excluding carboxylic acids is 3. The zero-order valence-electron chi connectivity index (χ0n) is 14.9. The average molecular weight is 382 g/mol. The van der Waals surface area contributed by atoms with Crippen LogP contribution in [0.3, 0.4) is 0 Å². The number of ketones is 1. The Morgan fingerprint density at radius 3 is 2.63 bits per heavy atom. The van der Waals surface area contributed by atoms with E-state index in [4.69, 9.17) is 10.00 Å². The molecule has 0 bridgehead atoms. The lowest BCUT2D eigenvalue weighted by Crippen LogP contribution is -2.30. The number of benzene rings is 2. The number of nitriles is 1. The summed E-state index contributed by atoms with van der Waals surface area (Å²) in [5, 5.41) is 11.5. The van der Waals surface area contributed by atoms with Gasteiger partial charge in [-0.3, -0.25) is 9.59 Å². The second kappa shape index (κ2) is 9.55. The summed E-state index contributed by atoms with van der Waals surface area (Å²) in [5.41, 5.74) is 1.16. The van der Waals surface area contributed by atoms with Crippen molar-refractivity contribution in [3.05, 3.63) is 59.7 Å². The largest absolute Gasteiger partial charge is 0.449 e. The Morgan fingerprint density at radius 2 is 1.93 bits per heavy atom. The van der Waals surface area contributed by atoms with Gasteiger partial charge in [0.1, 0.15) is 5.78 Å². The van der Waals surface area contributed by atoms with Crippen molar-refractivity contribution in [3.63, 3.8) is 0 Å². The highest BCUT2D eigenvalue weighted by molar-refractivity contribution is 8.00. The molecule has 0 aliphatic carbocycles. The van der Waals surface area contributed by atoms with Crippen LogP contribution in [0.1, 0.15) is 29.8 Å². The van der Waals surface area contributed by atoms with Crippen LogP contribution in [0.5, 0.6) is 0 Å². The highest BCUT2D eigenvalue weighted by atomic mass is 32.2. The lowest BCUT2D eigenvalue weighted by Gasteiger charge is -2.15. The third-order valence-electron chi connectivity index (χ3n) is 3.45. The molecule has 0 saturated heterocycles. The molecule has 138 valence electrons. The lowest BCUT2D eigenvalue weighted by molar-refractivity contribution is -0.123. The first-order chi connectivity index (χ1) is 12.9. The van der Waals surface area contributed by atoms with Gasteiger partial charge in [0.05, 0.1) is 22.9 Å². The molecule has 1 amide bonds. The number of carbonyl (C=O) groups is 3. The molecule has 0 saturated carbocycles. The number of nitrogens with zero attached hydrogens (tertiary/aromatic N) is 1. The number of nitrogens with one attached hydrogen (secondary N) is 1. The van der Waals surface area contributed by atoms with Gasteiger partial charge in [-0.1, -0.05) is 18.2 Å². The van der Waals surface area contributed by atoms with Crippen molar-refractivity contribution in [3.8, 4) is 6.07 Å².